The fourth-order valence-electron chi connectivity index (χ4n) is 3.89. The van der Waals surface area contributed by atoms with Crippen LogP contribution in [0.2, 0.25) is 0 Å². The van der Waals surface area contributed by atoms with E-state index in [1.165, 1.54) is 17.0 Å². The molecule has 0 saturated carbocycles. The summed E-state index contributed by atoms with van der Waals surface area (Å²) in [6, 6.07) is 15.0. The van der Waals surface area contributed by atoms with Crippen molar-refractivity contribution >= 4 is 11.9 Å². The molecule has 2 N–H and O–H groups in total. The van der Waals surface area contributed by atoms with E-state index >= 15 is 0 Å². The lowest BCUT2D eigenvalue weighted by molar-refractivity contribution is 0.0693. The van der Waals surface area contributed by atoms with Gasteiger partial charge in [0.1, 0.15) is 5.56 Å². The van der Waals surface area contributed by atoms with E-state index in [9.17, 15) is 24.6 Å². The second-order valence-corrected chi connectivity index (χ2v) is 7.60. The Morgan fingerprint density at radius 1 is 0.935 bits per heavy atom. The quantitative estimate of drug-likeness (QED) is 0.663. The maximum atomic E-state index is 12.6. The number of rotatable bonds is 5. The molecule has 0 unspecified atom stereocenters. The molecule has 7 nitrogen and oxygen atoms in total. The van der Waals surface area contributed by atoms with E-state index in [-0.39, 0.29) is 12.5 Å². The number of amides is 1. The second-order valence-electron chi connectivity index (χ2n) is 7.60. The van der Waals surface area contributed by atoms with Crippen molar-refractivity contribution in [1.29, 1.82) is 0 Å². The Morgan fingerprint density at radius 3 is 2.29 bits per heavy atom. The van der Waals surface area contributed by atoms with Gasteiger partial charge in [-0.25, -0.2) is 4.79 Å². The summed E-state index contributed by atoms with van der Waals surface area (Å²) in [5.41, 5.74) is 1.97. The van der Waals surface area contributed by atoms with Crippen molar-refractivity contribution in [3.05, 3.63) is 87.8 Å². The maximum absolute atomic E-state index is 12.6. The van der Waals surface area contributed by atoms with Gasteiger partial charge in [-0.05, 0) is 41.7 Å². The number of carbonyl (C=O) groups excluding carboxylic acids is 1. The second kappa shape index (κ2) is 8.47. The van der Waals surface area contributed by atoms with Crippen LogP contribution >= 0.6 is 0 Å². The summed E-state index contributed by atoms with van der Waals surface area (Å²) in [6.07, 6.45) is 4.53. The van der Waals surface area contributed by atoms with Crippen LogP contribution in [-0.4, -0.2) is 44.6 Å². The number of hydrogen-bond donors (Lipinski definition) is 2. The van der Waals surface area contributed by atoms with Crippen LogP contribution in [0, 0.1) is 0 Å². The molecule has 31 heavy (non-hydrogen) atoms. The Labute approximate surface area is 178 Å². The van der Waals surface area contributed by atoms with Crippen molar-refractivity contribution in [2.24, 2.45) is 0 Å². The van der Waals surface area contributed by atoms with Crippen LogP contribution < -0.4 is 5.43 Å². The maximum Gasteiger partial charge on any atom is 0.341 e. The molecule has 1 aromatic heterocycles. The van der Waals surface area contributed by atoms with Crippen LogP contribution in [-0.2, 0) is 6.54 Å². The average molecular weight is 418 g/mol. The summed E-state index contributed by atoms with van der Waals surface area (Å²) in [5.74, 6) is -1.95. The topological polar surface area (TPSA) is 99.8 Å². The third kappa shape index (κ3) is 4.21. The molecule has 0 atom stereocenters. The third-order valence-corrected chi connectivity index (χ3v) is 5.50. The van der Waals surface area contributed by atoms with Crippen LogP contribution in [0.1, 0.15) is 39.1 Å². The van der Waals surface area contributed by atoms with Crippen LogP contribution in [0.5, 0.6) is 5.75 Å². The van der Waals surface area contributed by atoms with Gasteiger partial charge in [-0.3, -0.25) is 9.59 Å². The average Bonchev–Trinajstić information content (AvgIpc) is 3.31. The monoisotopic (exact) mass is 418 g/mol. The molecule has 0 aliphatic carbocycles. The fraction of sp³-hybridized carbons (Fsp3) is 0.208. The number of benzene rings is 2. The number of nitrogens with zero attached hydrogens (tertiary/aromatic N) is 2. The van der Waals surface area contributed by atoms with Gasteiger partial charge >= 0.3 is 5.97 Å². The van der Waals surface area contributed by atoms with Gasteiger partial charge in [0, 0.05) is 31.4 Å². The van der Waals surface area contributed by atoms with E-state index in [0.29, 0.717) is 5.56 Å². The molecule has 0 spiro atoms. The number of hydrogen-bond acceptors (Lipinski definition) is 4. The van der Waals surface area contributed by atoms with E-state index < -0.39 is 22.7 Å². The predicted molar refractivity (Wildman–Crippen MR) is 115 cm³/mol. The van der Waals surface area contributed by atoms with Gasteiger partial charge in [0.25, 0.3) is 5.91 Å². The lowest BCUT2D eigenvalue weighted by atomic mass is 9.98. The SMILES string of the molecule is O=C(O)c1cn(Cc2ccccc2-c2ccc(C(=O)N3CCCC3)cc2)cc(O)c1=O. The molecular weight excluding hydrogens is 396 g/mol. The van der Waals surface area contributed by atoms with Crippen LogP contribution in [0.3, 0.4) is 0 Å². The van der Waals surface area contributed by atoms with Gasteiger partial charge in [0.15, 0.2) is 5.75 Å². The highest BCUT2D eigenvalue weighted by Crippen LogP contribution is 2.26. The number of carboxylic acids is 1. The largest absolute Gasteiger partial charge is 0.503 e. The van der Waals surface area contributed by atoms with E-state index in [1.54, 1.807) is 0 Å². The van der Waals surface area contributed by atoms with Crippen LogP contribution in [0.4, 0.5) is 0 Å². The van der Waals surface area contributed by atoms with Crippen molar-refractivity contribution < 1.29 is 19.8 Å². The van der Waals surface area contributed by atoms with Gasteiger partial charge in [-0.2, -0.15) is 0 Å². The Bertz CT molecular complexity index is 1190. The summed E-state index contributed by atoms with van der Waals surface area (Å²) in [5, 5.41) is 19.0. The van der Waals surface area contributed by atoms with E-state index in [1.807, 2.05) is 53.4 Å². The molecule has 1 fully saturated rings. The van der Waals surface area contributed by atoms with Gasteiger partial charge in [-0.15, -0.1) is 0 Å². The summed E-state index contributed by atoms with van der Waals surface area (Å²) < 4.78 is 1.48. The lowest BCUT2D eigenvalue weighted by Crippen LogP contribution is -2.27. The normalized spacial score (nSPS) is 13.4. The smallest absolute Gasteiger partial charge is 0.341 e. The van der Waals surface area contributed by atoms with Crippen molar-refractivity contribution in [3.63, 3.8) is 0 Å². The van der Waals surface area contributed by atoms with E-state index in [2.05, 4.69) is 0 Å². The molecule has 1 saturated heterocycles. The first kappa shape index (κ1) is 20.4. The molecule has 0 radical (unpaired) electrons. The molecule has 7 heteroatoms. The van der Waals surface area contributed by atoms with Crippen LogP contribution in [0.15, 0.2) is 65.7 Å². The zero-order valence-electron chi connectivity index (χ0n) is 16.8. The van der Waals surface area contributed by atoms with Crippen molar-refractivity contribution in [3.8, 4) is 16.9 Å². The summed E-state index contributed by atoms with van der Waals surface area (Å²) in [4.78, 5) is 37.5. The number of aromatic carboxylic acids is 1. The Balaban J connectivity index is 1.63. The Kier molecular flexibility index (Phi) is 5.58. The molecule has 0 bridgehead atoms. The molecule has 4 rings (SSSR count). The predicted octanol–water partition coefficient (Wildman–Crippen LogP) is 3.20. The minimum Gasteiger partial charge on any atom is -0.503 e. The highest BCUT2D eigenvalue weighted by molar-refractivity contribution is 5.95. The van der Waals surface area contributed by atoms with Gasteiger partial charge in [0.2, 0.25) is 5.43 Å². The highest BCUT2D eigenvalue weighted by Gasteiger charge is 2.19. The number of pyridine rings is 1. The van der Waals surface area contributed by atoms with Gasteiger partial charge in [0.05, 0.1) is 6.20 Å². The molecule has 1 aliphatic heterocycles. The van der Waals surface area contributed by atoms with Gasteiger partial charge < -0.3 is 19.7 Å². The highest BCUT2D eigenvalue weighted by atomic mass is 16.4. The number of carbonyl (C=O) groups is 2. The number of aromatic nitrogens is 1. The van der Waals surface area contributed by atoms with Crippen molar-refractivity contribution in [2.75, 3.05) is 13.1 Å². The fourth-order valence-corrected chi connectivity index (χ4v) is 3.89. The minimum atomic E-state index is -1.39. The van der Waals surface area contributed by atoms with E-state index in [4.69, 9.17) is 0 Å². The molecule has 3 aromatic rings. The standard InChI is InChI=1S/C24H22N2O5/c27-21-15-25(14-20(22(21)28)24(30)31)13-18-5-1-2-6-19(18)16-7-9-17(10-8-16)23(29)26-11-3-4-12-26/h1-2,5-10,14-15,27H,3-4,11-13H2,(H,30,31). The summed E-state index contributed by atoms with van der Waals surface area (Å²) in [7, 11) is 0. The molecule has 158 valence electrons. The van der Waals surface area contributed by atoms with Gasteiger partial charge in [-0.1, -0.05) is 36.4 Å². The summed E-state index contributed by atoms with van der Waals surface area (Å²) in [6.45, 7) is 1.86. The number of aromatic hydroxyl groups is 1. The molecule has 2 heterocycles. The summed E-state index contributed by atoms with van der Waals surface area (Å²) >= 11 is 0. The van der Waals surface area contributed by atoms with Crippen LogP contribution in [0.25, 0.3) is 11.1 Å². The Hall–Kier alpha value is -3.87. The Morgan fingerprint density at radius 2 is 1.61 bits per heavy atom. The molecule has 1 amide bonds. The first-order valence-electron chi connectivity index (χ1n) is 10.1. The zero-order chi connectivity index (χ0) is 22.0. The van der Waals surface area contributed by atoms with Crippen molar-refractivity contribution in [2.45, 2.75) is 19.4 Å². The minimum absolute atomic E-state index is 0.0438. The zero-order valence-corrected chi connectivity index (χ0v) is 16.8. The molecule has 2 aromatic carbocycles. The number of likely N-dealkylation sites (tertiary alicyclic amines) is 1. The molecular formula is C24H22N2O5. The lowest BCUT2D eigenvalue weighted by Gasteiger charge is -2.16. The first-order chi connectivity index (χ1) is 14.9. The van der Waals surface area contributed by atoms with E-state index in [0.717, 1.165) is 42.6 Å². The number of carboxylic acid groups (broad SMARTS) is 1. The first-order valence-corrected chi connectivity index (χ1v) is 10.1. The van der Waals surface area contributed by atoms with Crippen molar-refractivity contribution in [1.82, 2.24) is 9.47 Å². The molecule has 1 aliphatic rings. The third-order valence-electron chi connectivity index (χ3n) is 5.50.